The number of carboxylic acids is 2. The number of carboxylic acid groups (broad SMARTS) is 2. The number of piperidine rings is 1. The van der Waals surface area contributed by atoms with Crippen molar-refractivity contribution in [3.05, 3.63) is 52.5 Å². The second kappa shape index (κ2) is 13.0. The highest BCUT2D eigenvalue weighted by atomic mass is 32.1. The van der Waals surface area contributed by atoms with Gasteiger partial charge in [-0.3, -0.25) is 14.7 Å². The lowest BCUT2D eigenvalue weighted by atomic mass is 9.79. The van der Waals surface area contributed by atoms with Crippen LogP contribution in [0.5, 0.6) is 0 Å². The number of amides is 1. The van der Waals surface area contributed by atoms with Crippen LogP contribution in [0, 0.1) is 5.41 Å². The number of likely N-dealkylation sites (tertiary alicyclic amines) is 2. The number of carbonyl (C=O) groups is 3. The Morgan fingerprint density at radius 1 is 0.947 bits per heavy atom. The van der Waals surface area contributed by atoms with Crippen molar-refractivity contribution >= 4 is 29.2 Å². The van der Waals surface area contributed by atoms with Gasteiger partial charge in [-0.1, -0.05) is 6.07 Å². The second-order valence-corrected chi connectivity index (χ2v) is 9.51. The fraction of sp³-hybridized carbons (Fsp3) is 0.478. The summed E-state index contributed by atoms with van der Waals surface area (Å²) in [5, 5.41) is 18.2. The second-order valence-electron chi connectivity index (χ2n) is 8.73. The zero-order valence-electron chi connectivity index (χ0n) is 19.8. The average Bonchev–Trinajstić information content (AvgIpc) is 3.50. The molecule has 0 radical (unpaired) electrons. The van der Waals surface area contributed by atoms with E-state index in [1.54, 1.807) is 11.3 Å². The van der Waals surface area contributed by atoms with Gasteiger partial charge in [-0.15, -0.1) is 0 Å². The van der Waals surface area contributed by atoms with Crippen molar-refractivity contribution in [2.24, 2.45) is 5.41 Å². The van der Waals surface area contributed by atoms with Crippen molar-refractivity contribution in [2.75, 3.05) is 26.2 Å². The highest BCUT2D eigenvalue weighted by molar-refractivity contribution is 7.08. The van der Waals surface area contributed by atoms with E-state index in [0.717, 1.165) is 50.4 Å². The third kappa shape index (κ3) is 9.59. The van der Waals surface area contributed by atoms with Crippen LogP contribution in [-0.2, 0) is 16.1 Å². The number of pyridine rings is 1. The molecule has 2 aromatic heterocycles. The van der Waals surface area contributed by atoms with E-state index in [2.05, 4.69) is 26.9 Å². The number of carbonyl (C=O) groups excluding carboxylic acids is 1. The minimum atomic E-state index is -5.08. The quantitative estimate of drug-likeness (QED) is 0.523. The van der Waals surface area contributed by atoms with E-state index < -0.39 is 24.3 Å². The smallest absolute Gasteiger partial charge is 0.475 e. The van der Waals surface area contributed by atoms with E-state index in [4.69, 9.17) is 19.8 Å². The third-order valence-corrected chi connectivity index (χ3v) is 6.51. The molecule has 1 spiro atoms. The summed E-state index contributed by atoms with van der Waals surface area (Å²) < 4.78 is 63.5. The third-order valence-electron chi connectivity index (χ3n) is 5.83. The molecule has 2 aliphatic heterocycles. The molecule has 0 aromatic carbocycles. The van der Waals surface area contributed by atoms with Gasteiger partial charge in [0.15, 0.2) is 0 Å². The van der Waals surface area contributed by atoms with Crippen molar-refractivity contribution in [2.45, 2.75) is 38.2 Å². The molecule has 4 heterocycles. The van der Waals surface area contributed by atoms with Crippen LogP contribution in [-0.4, -0.2) is 81.4 Å². The Bertz CT molecular complexity index is 1040. The van der Waals surface area contributed by atoms with Crippen LogP contribution in [0.4, 0.5) is 26.3 Å². The Morgan fingerprint density at radius 2 is 1.58 bits per heavy atom. The molecule has 15 heteroatoms. The molecule has 0 aliphatic carbocycles. The summed E-state index contributed by atoms with van der Waals surface area (Å²) >= 11 is 1.59. The predicted octanol–water partition coefficient (Wildman–Crippen LogP) is 4.54. The van der Waals surface area contributed by atoms with E-state index >= 15 is 0 Å². The van der Waals surface area contributed by atoms with Gasteiger partial charge < -0.3 is 15.1 Å². The van der Waals surface area contributed by atoms with E-state index in [9.17, 15) is 31.1 Å². The van der Waals surface area contributed by atoms with Crippen LogP contribution in [0.3, 0.4) is 0 Å². The van der Waals surface area contributed by atoms with Crippen LogP contribution >= 0.6 is 11.3 Å². The van der Waals surface area contributed by atoms with Crippen LogP contribution in [0.25, 0.3) is 0 Å². The Kier molecular flexibility index (Phi) is 10.6. The fourth-order valence-corrected chi connectivity index (χ4v) is 4.81. The van der Waals surface area contributed by atoms with Gasteiger partial charge in [-0.25, -0.2) is 9.59 Å². The first kappa shape index (κ1) is 31.0. The molecule has 1 amide bonds. The molecule has 1 unspecified atom stereocenters. The van der Waals surface area contributed by atoms with E-state index in [1.165, 1.54) is 12.8 Å². The molecule has 0 bridgehead atoms. The predicted molar refractivity (Wildman–Crippen MR) is 123 cm³/mol. The van der Waals surface area contributed by atoms with Crippen LogP contribution in [0.1, 0.15) is 35.3 Å². The number of halogens is 6. The fourth-order valence-electron chi connectivity index (χ4n) is 4.18. The Balaban J connectivity index is 0.000000301. The van der Waals surface area contributed by atoms with Gasteiger partial charge in [0.05, 0.1) is 11.3 Å². The molecule has 0 saturated carbocycles. The molecule has 38 heavy (non-hydrogen) atoms. The average molecular weight is 570 g/mol. The molecular weight excluding hydrogens is 544 g/mol. The first-order valence-electron chi connectivity index (χ1n) is 11.2. The number of aromatic nitrogens is 1. The maximum atomic E-state index is 12.6. The standard InChI is InChI=1S/C19H23N3OS.2C2HF3O2/c23-18(16-5-11-24-13-16)22-10-7-19(15-22)6-3-9-21(14-19)12-17-4-1-2-8-20-17;2*3-2(4,5)1(6)7/h1-2,4-5,8,11,13H,3,6-7,9-10,12,14-15H2;2*(H,6,7). The maximum absolute atomic E-state index is 12.6. The van der Waals surface area contributed by atoms with Crippen molar-refractivity contribution in [1.82, 2.24) is 14.8 Å². The lowest BCUT2D eigenvalue weighted by molar-refractivity contribution is -0.193. The number of thiophene rings is 1. The van der Waals surface area contributed by atoms with Crippen LogP contribution in [0.2, 0.25) is 0 Å². The minimum Gasteiger partial charge on any atom is -0.475 e. The summed E-state index contributed by atoms with van der Waals surface area (Å²) in [7, 11) is 0. The van der Waals surface area contributed by atoms with Crippen LogP contribution < -0.4 is 0 Å². The summed E-state index contributed by atoms with van der Waals surface area (Å²) in [5.41, 5.74) is 2.26. The summed E-state index contributed by atoms with van der Waals surface area (Å²) in [4.78, 5) is 39.4. The lowest BCUT2D eigenvalue weighted by Gasteiger charge is -2.40. The minimum absolute atomic E-state index is 0.204. The molecule has 1 atom stereocenters. The monoisotopic (exact) mass is 569 g/mol. The normalized spacial score (nSPS) is 19.7. The van der Waals surface area contributed by atoms with Gasteiger partial charge in [0, 0.05) is 43.2 Å². The number of hydrogen-bond acceptors (Lipinski definition) is 6. The number of nitrogens with zero attached hydrogens (tertiary/aromatic N) is 3. The molecule has 2 aliphatic rings. The number of rotatable bonds is 3. The highest BCUT2D eigenvalue weighted by Crippen LogP contribution is 2.39. The van der Waals surface area contributed by atoms with Gasteiger partial charge in [-0.2, -0.15) is 37.7 Å². The maximum Gasteiger partial charge on any atom is 0.490 e. The van der Waals surface area contributed by atoms with Crippen molar-refractivity contribution < 1.29 is 50.9 Å². The summed E-state index contributed by atoms with van der Waals surface area (Å²) in [6.07, 6.45) is -4.72. The molecule has 210 valence electrons. The Labute approximate surface area is 217 Å². The summed E-state index contributed by atoms with van der Waals surface area (Å²) in [5.74, 6) is -5.31. The lowest BCUT2D eigenvalue weighted by Crippen LogP contribution is -2.45. The van der Waals surface area contributed by atoms with Gasteiger partial charge in [-0.05, 0) is 49.4 Å². The molecule has 2 saturated heterocycles. The molecule has 4 rings (SSSR count). The molecule has 2 N–H and O–H groups in total. The van der Waals surface area contributed by atoms with Gasteiger partial charge in [0.1, 0.15) is 0 Å². The topological polar surface area (TPSA) is 111 Å². The van der Waals surface area contributed by atoms with Crippen LogP contribution in [0.15, 0.2) is 41.2 Å². The largest absolute Gasteiger partial charge is 0.490 e. The number of alkyl halides is 6. The van der Waals surface area contributed by atoms with Gasteiger partial charge >= 0.3 is 24.3 Å². The first-order chi connectivity index (χ1) is 17.6. The molecule has 8 nitrogen and oxygen atoms in total. The van der Waals surface area contributed by atoms with Crippen molar-refractivity contribution in [1.29, 1.82) is 0 Å². The zero-order valence-corrected chi connectivity index (χ0v) is 20.7. The van der Waals surface area contributed by atoms with Gasteiger partial charge in [0.25, 0.3) is 5.91 Å². The SMILES string of the molecule is O=C(O)C(F)(F)F.O=C(O)C(F)(F)F.O=C(c1ccsc1)N1CCC2(CCCN(Cc3ccccn3)C2)C1. The number of hydrogen-bond donors (Lipinski definition) is 2. The molecule has 2 fully saturated rings. The van der Waals surface area contributed by atoms with E-state index in [0.29, 0.717) is 0 Å². The Morgan fingerprint density at radius 3 is 2.08 bits per heavy atom. The van der Waals surface area contributed by atoms with E-state index in [-0.39, 0.29) is 11.3 Å². The van der Waals surface area contributed by atoms with Crippen molar-refractivity contribution in [3.8, 4) is 0 Å². The first-order valence-corrected chi connectivity index (χ1v) is 12.1. The molecule has 2 aromatic rings. The highest BCUT2D eigenvalue weighted by Gasteiger charge is 2.43. The summed E-state index contributed by atoms with van der Waals surface area (Å²) in [6.45, 7) is 4.93. The van der Waals surface area contributed by atoms with E-state index in [1.807, 2.05) is 29.1 Å². The zero-order chi connectivity index (χ0) is 28.6. The Hall–Kier alpha value is -3.20. The van der Waals surface area contributed by atoms with Crippen molar-refractivity contribution in [3.63, 3.8) is 0 Å². The number of aliphatic carboxylic acids is 2. The molecular formula is C23H25F6N3O5S. The summed E-state index contributed by atoms with van der Waals surface area (Å²) in [6, 6.07) is 8.06. The van der Waals surface area contributed by atoms with Gasteiger partial charge in [0.2, 0.25) is 0 Å².